The number of anilines is 2. The summed E-state index contributed by atoms with van der Waals surface area (Å²) in [6, 6.07) is 15.8. The summed E-state index contributed by atoms with van der Waals surface area (Å²) in [6.07, 6.45) is 3.81. The van der Waals surface area contributed by atoms with E-state index in [-0.39, 0.29) is 6.04 Å². The van der Waals surface area contributed by atoms with Gasteiger partial charge >= 0.3 is 0 Å². The van der Waals surface area contributed by atoms with Gasteiger partial charge in [0, 0.05) is 36.3 Å². The molecular weight excluding hydrogens is 586 g/mol. The number of piperazine rings is 1. The molecule has 1 aliphatic heterocycles. The van der Waals surface area contributed by atoms with E-state index in [1.54, 1.807) is 42.7 Å². The van der Waals surface area contributed by atoms with Crippen LogP contribution in [0.4, 0.5) is 11.4 Å². The van der Waals surface area contributed by atoms with Crippen molar-refractivity contribution in [3.05, 3.63) is 60.9 Å². The molecule has 3 heterocycles. The Morgan fingerprint density at radius 3 is 1.41 bits per heavy atom. The standard InChI is InChI=1S/C35H43N5O6/c1-35(2,36)32-21-39(24-9-11-26(37-19-24)22-15-28(41-3)33(45-7)29(16-22)42-4)13-14-40(32)25-10-12-27(38-20-25)23-17-30(43-5)34(46-8)31(18-23)44-6/h9-12,15-20,32H,13-14,21,36H2,1-8H3. The molecule has 2 aromatic carbocycles. The van der Waals surface area contributed by atoms with Gasteiger partial charge in [-0.15, -0.1) is 0 Å². The van der Waals surface area contributed by atoms with E-state index in [9.17, 15) is 0 Å². The first-order chi connectivity index (χ1) is 22.1. The van der Waals surface area contributed by atoms with Gasteiger partial charge in [-0.1, -0.05) is 0 Å². The topological polar surface area (TPSA) is 114 Å². The molecular formula is C35H43N5O6. The van der Waals surface area contributed by atoms with Crippen LogP contribution in [0.15, 0.2) is 60.9 Å². The predicted molar refractivity (Wildman–Crippen MR) is 180 cm³/mol. The van der Waals surface area contributed by atoms with Crippen molar-refractivity contribution >= 4 is 11.4 Å². The molecule has 1 aliphatic rings. The summed E-state index contributed by atoms with van der Waals surface area (Å²) in [5.41, 5.74) is 11.7. The molecule has 11 heteroatoms. The fourth-order valence-corrected chi connectivity index (χ4v) is 5.89. The first-order valence-electron chi connectivity index (χ1n) is 15.0. The van der Waals surface area contributed by atoms with E-state index in [1.165, 1.54) is 0 Å². The van der Waals surface area contributed by atoms with Crippen LogP contribution in [0.3, 0.4) is 0 Å². The lowest BCUT2D eigenvalue weighted by atomic mass is 9.91. The first-order valence-corrected chi connectivity index (χ1v) is 15.0. The van der Waals surface area contributed by atoms with Crippen molar-refractivity contribution in [1.82, 2.24) is 9.97 Å². The lowest BCUT2D eigenvalue weighted by molar-refractivity contribution is 0.324. The number of pyridine rings is 2. The number of methoxy groups -OCH3 is 6. The molecule has 11 nitrogen and oxygen atoms in total. The number of benzene rings is 2. The average molecular weight is 630 g/mol. The third kappa shape index (κ3) is 6.41. The molecule has 1 atom stereocenters. The Labute approximate surface area is 270 Å². The predicted octanol–water partition coefficient (Wildman–Crippen LogP) is 5.29. The summed E-state index contributed by atoms with van der Waals surface area (Å²) in [5.74, 6) is 3.41. The summed E-state index contributed by atoms with van der Waals surface area (Å²) >= 11 is 0. The van der Waals surface area contributed by atoms with Crippen LogP contribution < -0.4 is 44.0 Å². The van der Waals surface area contributed by atoms with Gasteiger partial charge in [-0.25, -0.2) is 0 Å². The normalized spacial score (nSPS) is 14.9. The Morgan fingerprint density at radius 1 is 0.630 bits per heavy atom. The molecule has 1 unspecified atom stereocenters. The average Bonchev–Trinajstić information content (AvgIpc) is 3.09. The van der Waals surface area contributed by atoms with Gasteiger partial charge in [-0.3, -0.25) is 9.97 Å². The molecule has 5 rings (SSSR count). The van der Waals surface area contributed by atoms with Crippen LogP contribution in [0.2, 0.25) is 0 Å². The fraction of sp³-hybridized carbons (Fsp3) is 0.371. The van der Waals surface area contributed by atoms with Crippen molar-refractivity contribution in [3.8, 4) is 57.0 Å². The van der Waals surface area contributed by atoms with Crippen LogP contribution in [-0.4, -0.2) is 83.8 Å². The molecule has 1 saturated heterocycles. The zero-order valence-electron chi connectivity index (χ0n) is 27.8. The van der Waals surface area contributed by atoms with Crippen molar-refractivity contribution in [2.75, 3.05) is 72.1 Å². The SMILES string of the molecule is COc1cc(-c2ccc(N3CCN(c4ccc(-c5cc(OC)c(OC)c(OC)c5)nc4)C(C(C)(C)N)C3)cn2)cc(OC)c1OC. The number of nitrogens with two attached hydrogens (primary N) is 1. The summed E-state index contributed by atoms with van der Waals surface area (Å²) in [4.78, 5) is 14.3. The van der Waals surface area contributed by atoms with E-state index in [0.717, 1.165) is 53.5 Å². The number of aromatic nitrogens is 2. The Kier molecular flexibility index (Phi) is 9.62. The number of hydrogen-bond donors (Lipinski definition) is 1. The number of ether oxygens (including phenoxy) is 6. The first kappa shape index (κ1) is 32.5. The Hall–Kier alpha value is -4.90. The number of nitrogens with zero attached hydrogens (tertiary/aromatic N) is 4. The maximum absolute atomic E-state index is 6.79. The third-order valence-electron chi connectivity index (χ3n) is 8.35. The van der Waals surface area contributed by atoms with Gasteiger partial charge < -0.3 is 44.0 Å². The van der Waals surface area contributed by atoms with Crippen LogP contribution in [0.25, 0.3) is 22.5 Å². The molecule has 0 radical (unpaired) electrons. The number of rotatable bonds is 11. The van der Waals surface area contributed by atoms with Gasteiger partial charge in [-0.2, -0.15) is 0 Å². The summed E-state index contributed by atoms with van der Waals surface area (Å²) in [5, 5.41) is 0. The maximum atomic E-state index is 6.79. The van der Waals surface area contributed by atoms with E-state index >= 15 is 0 Å². The molecule has 0 amide bonds. The van der Waals surface area contributed by atoms with Crippen molar-refractivity contribution in [1.29, 1.82) is 0 Å². The third-order valence-corrected chi connectivity index (χ3v) is 8.35. The zero-order valence-corrected chi connectivity index (χ0v) is 27.8. The maximum Gasteiger partial charge on any atom is 0.203 e. The minimum Gasteiger partial charge on any atom is -0.493 e. The number of hydrogen-bond acceptors (Lipinski definition) is 11. The van der Waals surface area contributed by atoms with E-state index in [2.05, 4.69) is 35.8 Å². The molecule has 1 fully saturated rings. The summed E-state index contributed by atoms with van der Waals surface area (Å²) in [6.45, 7) is 6.43. The second kappa shape index (κ2) is 13.6. The van der Waals surface area contributed by atoms with Gasteiger partial charge in [0.25, 0.3) is 0 Å². The van der Waals surface area contributed by atoms with Crippen molar-refractivity contribution in [2.45, 2.75) is 25.4 Å². The molecule has 2 N–H and O–H groups in total. The minimum absolute atomic E-state index is 0.0184. The van der Waals surface area contributed by atoms with Crippen molar-refractivity contribution in [2.24, 2.45) is 5.73 Å². The van der Waals surface area contributed by atoms with Gasteiger partial charge in [0.15, 0.2) is 23.0 Å². The van der Waals surface area contributed by atoms with Crippen LogP contribution >= 0.6 is 0 Å². The summed E-state index contributed by atoms with van der Waals surface area (Å²) < 4.78 is 33.1. The lowest BCUT2D eigenvalue weighted by Gasteiger charge is -2.48. The largest absolute Gasteiger partial charge is 0.493 e. The van der Waals surface area contributed by atoms with E-state index in [0.29, 0.717) is 34.5 Å². The Balaban J connectivity index is 1.36. The van der Waals surface area contributed by atoms with E-state index in [1.807, 2.05) is 48.8 Å². The van der Waals surface area contributed by atoms with Crippen LogP contribution in [0.5, 0.6) is 34.5 Å². The second-order valence-corrected chi connectivity index (χ2v) is 11.6. The van der Waals surface area contributed by atoms with E-state index < -0.39 is 5.54 Å². The van der Waals surface area contributed by atoms with Crippen molar-refractivity contribution < 1.29 is 28.4 Å². The fourth-order valence-electron chi connectivity index (χ4n) is 5.89. The molecule has 2 aromatic heterocycles. The molecule has 0 saturated carbocycles. The molecule has 244 valence electrons. The quantitative estimate of drug-likeness (QED) is 0.233. The second-order valence-electron chi connectivity index (χ2n) is 11.6. The molecule has 0 bridgehead atoms. The van der Waals surface area contributed by atoms with Crippen LogP contribution in [0.1, 0.15) is 13.8 Å². The molecule has 46 heavy (non-hydrogen) atoms. The Bertz CT molecular complexity index is 1590. The monoisotopic (exact) mass is 629 g/mol. The van der Waals surface area contributed by atoms with Gasteiger partial charge in [0.1, 0.15) is 0 Å². The summed E-state index contributed by atoms with van der Waals surface area (Å²) in [7, 11) is 9.59. The highest BCUT2D eigenvalue weighted by molar-refractivity contribution is 5.71. The van der Waals surface area contributed by atoms with Gasteiger partial charge in [0.05, 0.1) is 83.9 Å². The Morgan fingerprint density at radius 2 is 1.07 bits per heavy atom. The highest BCUT2D eigenvalue weighted by atomic mass is 16.5. The van der Waals surface area contributed by atoms with E-state index in [4.69, 9.17) is 44.1 Å². The highest BCUT2D eigenvalue weighted by Crippen LogP contribution is 2.42. The minimum atomic E-state index is -0.488. The van der Waals surface area contributed by atoms with Gasteiger partial charge in [-0.05, 0) is 62.4 Å². The van der Waals surface area contributed by atoms with Crippen LogP contribution in [0, 0.1) is 0 Å². The molecule has 4 aromatic rings. The van der Waals surface area contributed by atoms with Crippen molar-refractivity contribution in [3.63, 3.8) is 0 Å². The van der Waals surface area contributed by atoms with Gasteiger partial charge in [0.2, 0.25) is 11.5 Å². The van der Waals surface area contributed by atoms with Crippen LogP contribution in [-0.2, 0) is 0 Å². The lowest BCUT2D eigenvalue weighted by Crippen LogP contribution is -2.64. The molecule has 0 aliphatic carbocycles. The smallest absolute Gasteiger partial charge is 0.203 e. The zero-order chi connectivity index (χ0) is 33.0. The highest BCUT2D eigenvalue weighted by Gasteiger charge is 2.36. The molecule has 0 spiro atoms.